The first-order valence-electron chi connectivity index (χ1n) is 13.7. The van der Waals surface area contributed by atoms with Gasteiger partial charge >= 0.3 is 21.6 Å². The molecule has 3 aromatic carbocycles. The van der Waals surface area contributed by atoms with E-state index in [0.29, 0.717) is 29.8 Å². The number of unbranched alkanes of at least 4 members (excludes halogenated alkanes) is 1. The van der Waals surface area contributed by atoms with E-state index in [1.54, 1.807) is 24.3 Å². The van der Waals surface area contributed by atoms with Gasteiger partial charge in [0.2, 0.25) is 5.91 Å². The minimum atomic E-state index is -5.91. The van der Waals surface area contributed by atoms with Gasteiger partial charge in [0, 0.05) is 30.6 Å². The van der Waals surface area contributed by atoms with Crippen LogP contribution in [-0.4, -0.2) is 35.5 Å². The van der Waals surface area contributed by atoms with Crippen molar-refractivity contribution in [2.45, 2.75) is 58.0 Å². The van der Waals surface area contributed by atoms with Crippen LogP contribution in [0.5, 0.6) is 5.75 Å². The minimum absolute atomic E-state index is 0.0495. The van der Waals surface area contributed by atoms with Crippen LogP contribution in [0.4, 0.5) is 23.7 Å². The van der Waals surface area contributed by atoms with Crippen LogP contribution in [0, 0.1) is 0 Å². The summed E-state index contributed by atoms with van der Waals surface area (Å²) in [6, 6.07) is 19.0. The normalized spacial score (nSPS) is 11.8. The number of carbonyl (C=O) groups excluding carboxylic acids is 2. The number of hydrogen-bond acceptors (Lipinski definition) is 6. The molecule has 228 valence electrons. The summed E-state index contributed by atoms with van der Waals surface area (Å²) in [4.78, 5) is 28.9. The molecule has 2 N–H and O–H groups in total. The number of anilines is 1. The number of aromatic nitrogens is 2. The maximum atomic E-state index is 12.6. The third kappa shape index (κ3) is 7.72. The van der Waals surface area contributed by atoms with Crippen LogP contribution in [0.25, 0.3) is 22.2 Å². The third-order valence-corrected chi connectivity index (χ3v) is 7.60. The standard InChI is InChI=1S/C30H31F3N4O5S/c1-3-5-11-27-35-24-18-22(34-28(38)8-4-2)16-17-25(24)37(27)19-20-12-14-21(15-13-20)23-9-6-7-10-26(23)42-29(39)36-43(40,41)30(31,32)33/h6-7,9-10,12-18H,3-5,8,11,19H2,1-2H3,(H,34,38)(H,36,39). The van der Waals surface area contributed by atoms with Crippen molar-refractivity contribution in [1.29, 1.82) is 0 Å². The number of hydrogen-bond donors (Lipinski definition) is 2. The molecule has 0 aliphatic carbocycles. The van der Waals surface area contributed by atoms with Crippen molar-refractivity contribution in [1.82, 2.24) is 14.3 Å². The number of nitrogens with one attached hydrogen (secondary N) is 2. The number of sulfonamides is 1. The van der Waals surface area contributed by atoms with Gasteiger partial charge in [0.1, 0.15) is 11.6 Å². The SMILES string of the molecule is CCCCc1nc2cc(NC(=O)CCC)ccc2n1Cc1ccc(-c2ccccc2OC(=O)NS(=O)(=O)C(F)(F)F)cc1. The van der Waals surface area contributed by atoms with Crippen LogP contribution in [0.15, 0.2) is 66.7 Å². The molecule has 0 saturated carbocycles. The molecule has 0 unspecified atom stereocenters. The Bertz CT molecular complexity index is 1720. The van der Waals surface area contributed by atoms with E-state index >= 15 is 0 Å². The highest BCUT2D eigenvalue weighted by molar-refractivity contribution is 7.90. The molecule has 4 aromatic rings. The number of amides is 2. The molecule has 0 radical (unpaired) electrons. The van der Waals surface area contributed by atoms with Crippen molar-refractivity contribution in [3.63, 3.8) is 0 Å². The highest BCUT2D eigenvalue weighted by Gasteiger charge is 2.47. The molecule has 43 heavy (non-hydrogen) atoms. The lowest BCUT2D eigenvalue weighted by molar-refractivity contribution is -0.116. The zero-order valence-electron chi connectivity index (χ0n) is 23.6. The molecule has 0 bridgehead atoms. The van der Waals surface area contributed by atoms with Gasteiger partial charge < -0.3 is 14.6 Å². The lowest BCUT2D eigenvalue weighted by Crippen LogP contribution is -2.41. The average Bonchev–Trinajstić information content (AvgIpc) is 3.28. The summed E-state index contributed by atoms with van der Waals surface area (Å²) in [7, 11) is -5.91. The Morgan fingerprint density at radius 2 is 1.70 bits per heavy atom. The van der Waals surface area contributed by atoms with Crippen molar-refractivity contribution in [2.75, 3.05) is 5.32 Å². The second kappa shape index (κ2) is 13.3. The first kappa shape index (κ1) is 31.5. The Labute approximate surface area is 247 Å². The van der Waals surface area contributed by atoms with Crippen LogP contribution < -0.4 is 14.8 Å². The summed E-state index contributed by atoms with van der Waals surface area (Å²) in [5.74, 6) is 0.748. The van der Waals surface area contributed by atoms with Gasteiger partial charge in [-0.25, -0.2) is 14.5 Å². The van der Waals surface area contributed by atoms with Crippen LogP contribution in [0.1, 0.15) is 50.9 Å². The van der Waals surface area contributed by atoms with Crippen LogP contribution in [0.3, 0.4) is 0 Å². The Hall–Kier alpha value is -4.39. The molecule has 13 heteroatoms. The van der Waals surface area contributed by atoms with Gasteiger partial charge in [-0.2, -0.15) is 21.6 Å². The number of benzene rings is 3. The number of halogens is 3. The zero-order valence-corrected chi connectivity index (χ0v) is 24.4. The van der Waals surface area contributed by atoms with Crippen LogP contribution in [-0.2, 0) is 27.8 Å². The third-order valence-electron chi connectivity index (χ3n) is 6.56. The van der Waals surface area contributed by atoms with E-state index in [1.807, 2.05) is 37.3 Å². The van der Waals surface area contributed by atoms with E-state index in [4.69, 9.17) is 9.72 Å². The van der Waals surface area contributed by atoms with Crippen LogP contribution >= 0.6 is 0 Å². The molecule has 0 aliphatic rings. The van der Waals surface area contributed by atoms with Gasteiger partial charge in [0.15, 0.2) is 0 Å². The molecule has 0 saturated heterocycles. The van der Waals surface area contributed by atoms with E-state index < -0.39 is 21.6 Å². The number of alkyl halides is 3. The molecule has 1 heterocycles. The molecule has 0 aliphatic heterocycles. The summed E-state index contributed by atoms with van der Waals surface area (Å²) < 4.78 is 68.3. The second-order valence-electron chi connectivity index (χ2n) is 9.85. The number of nitrogens with zero attached hydrogens (tertiary/aromatic N) is 2. The number of aryl methyl sites for hydroxylation is 1. The number of ether oxygens (including phenoxy) is 1. The molecule has 0 spiro atoms. The molecule has 0 atom stereocenters. The predicted molar refractivity (Wildman–Crippen MR) is 157 cm³/mol. The molecular formula is C30H31F3N4O5S. The van der Waals surface area contributed by atoms with Gasteiger partial charge in [0.25, 0.3) is 0 Å². The van der Waals surface area contributed by atoms with E-state index in [1.165, 1.54) is 12.1 Å². The van der Waals surface area contributed by atoms with E-state index in [-0.39, 0.29) is 11.7 Å². The summed E-state index contributed by atoms with van der Waals surface area (Å²) in [5.41, 5.74) is -1.37. The predicted octanol–water partition coefficient (Wildman–Crippen LogP) is 6.77. The fourth-order valence-corrected chi connectivity index (χ4v) is 4.84. The molecule has 0 fully saturated rings. The first-order valence-corrected chi connectivity index (χ1v) is 15.2. The van der Waals surface area contributed by atoms with Crippen LogP contribution in [0.2, 0.25) is 0 Å². The van der Waals surface area contributed by atoms with Crippen molar-refractivity contribution < 1.29 is 35.9 Å². The van der Waals surface area contributed by atoms with Crippen molar-refractivity contribution in [3.05, 3.63) is 78.1 Å². The lowest BCUT2D eigenvalue weighted by atomic mass is 10.0. The molecule has 4 rings (SSSR count). The summed E-state index contributed by atoms with van der Waals surface area (Å²) in [6.45, 7) is 4.56. The largest absolute Gasteiger partial charge is 0.516 e. The molecule has 1 aromatic heterocycles. The van der Waals surface area contributed by atoms with Gasteiger partial charge in [-0.1, -0.05) is 62.7 Å². The van der Waals surface area contributed by atoms with Gasteiger partial charge in [-0.05, 0) is 48.2 Å². The number of carbonyl (C=O) groups is 2. The fraction of sp³-hybridized carbons (Fsp3) is 0.300. The maximum Gasteiger partial charge on any atom is 0.516 e. The number of para-hydroxylation sites is 1. The number of rotatable bonds is 11. The zero-order chi connectivity index (χ0) is 31.2. The monoisotopic (exact) mass is 616 g/mol. The first-order chi connectivity index (χ1) is 20.4. The quantitative estimate of drug-likeness (QED) is 0.192. The van der Waals surface area contributed by atoms with Gasteiger partial charge in [0.05, 0.1) is 11.0 Å². The minimum Gasteiger partial charge on any atom is -0.409 e. The fourth-order valence-electron chi connectivity index (χ4n) is 4.46. The molecule has 9 nitrogen and oxygen atoms in total. The number of fused-ring (bicyclic) bond motifs is 1. The topological polar surface area (TPSA) is 119 Å². The van der Waals surface area contributed by atoms with Crippen molar-refractivity contribution >= 4 is 38.7 Å². The molecule has 2 amide bonds. The second-order valence-corrected chi connectivity index (χ2v) is 11.5. The van der Waals surface area contributed by atoms with E-state index in [0.717, 1.165) is 52.8 Å². The Balaban J connectivity index is 1.56. The van der Waals surface area contributed by atoms with Crippen molar-refractivity contribution in [2.24, 2.45) is 0 Å². The summed E-state index contributed by atoms with van der Waals surface area (Å²) in [6.07, 6.45) is 2.14. The maximum absolute atomic E-state index is 12.6. The average molecular weight is 617 g/mol. The van der Waals surface area contributed by atoms with Crippen molar-refractivity contribution in [3.8, 4) is 16.9 Å². The van der Waals surface area contributed by atoms with E-state index in [2.05, 4.69) is 16.8 Å². The van der Waals surface area contributed by atoms with Gasteiger partial charge in [-0.15, -0.1) is 0 Å². The Morgan fingerprint density at radius 1 is 0.977 bits per heavy atom. The molecular weight excluding hydrogens is 585 g/mol. The summed E-state index contributed by atoms with van der Waals surface area (Å²) >= 11 is 0. The van der Waals surface area contributed by atoms with Gasteiger partial charge in [-0.3, -0.25) is 4.79 Å². The number of imidazole rings is 1. The van der Waals surface area contributed by atoms with E-state index in [9.17, 15) is 31.2 Å². The Kier molecular flexibility index (Phi) is 9.74. The summed E-state index contributed by atoms with van der Waals surface area (Å²) in [5, 5.41) is 2.91. The highest BCUT2D eigenvalue weighted by Crippen LogP contribution is 2.31. The lowest BCUT2D eigenvalue weighted by Gasteiger charge is -2.13. The highest BCUT2D eigenvalue weighted by atomic mass is 32.2. The Morgan fingerprint density at radius 3 is 2.37 bits per heavy atom. The smallest absolute Gasteiger partial charge is 0.409 e.